The lowest BCUT2D eigenvalue weighted by Crippen LogP contribution is -2.24. The minimum Gasteiger partial charge on any atom is -0.366 e. The van der Waals surface area contributed by atoms with Crippen LogP contribution in [0.5, 0.6) is 0 Å². The van der Waals surface area contributed by atoms with E-state index in [9.17, 15) is 9.59 Å². The predicted molar refractivity (Wildman–Crippen MR) is 66.7 cm³/mol. The van der Waals surface area contributed by atoms with Gasteiger partial charge in [0.05, 0.1) is 0 Å². The maximum absolute atomic E-state index is 10.8. The van der Waals surface area contributed by atoms with Gasteiger partial charge in [-0.15, -0.1) is 0 Å². The van der Waals surface area contributed by atoms with Crippen molar-refractivity contribution in [2.24, 2.45) is 5.73 Å². The molecule has 92 valence electrons. The number of unbranched alkanes of at least 4 members (excludes halogenated alkanes) is 1. The first-order chi connectivity index (χ1) is 7.32. The summed E-state index contributed by atoms with van der Waals surface area (Å²) in [5.41, 5.74) is 5.67. The van der Waals surface area contributed by atoms with Crippen LogP contribution < -0.4 is 11.1 Å². The highest BCUT2D eigenvalue weighted by atomic mass is 16.2. The molecule has 0 fully saturated rings. The summed E-state index contributed by atoms with van der Waals surface area (Å²) < 4.78 is 0. The average Bonchev–Trinajstić information content (AvgIpc) is 2.18. The Morgan fingerprint density at radius 1 is 1.19 bits per heavy atom. The molecule has 0 aliphatic rings. The van der Waals surface area contributed by atoms with Crippen LogP contribution in [0.4, 0.5) is 0 Å². The third kappa shape index (κ3) is 12.4. The van der Waals surface area contributed by atoms with E-state index in [0.29, 0.717) is 11.1 Å². The number of hydrogen-bond acceptors (Lipinski definition) is 2. The Balaban J connectivity index is 0. The highest BCUT2D eigenvalue weighted by molar-refractivity contribution is 5.92. The highest BCUT2D eigenvalue weighted by Crippen LogP contribution is 1.87. The maximum atomic E-state index is 10.8. The second-order valence-corrected chi connectivity index (χ2v) is 3.53. The molecule has 2 amide bonds. The van der Waals surface area contributed by atoms with E-state index in [1.165, 1.54) is 0 Å². The van der Waals surface area contributed by atoms with Gasteiger partial charge >= 0.3 is 0 Å². The van der Waals surface area contributed by atoms with Crippen molar-refractivity contribution in [3.05, 3.63) is 24.3 Å². The van der Waals surface area contributed by atoms with E-state index in [-0.39, 0.29) is 5.91 Å². The fraction of sp³-hybridized carbons (Fsp3) is 0.500. The van der Waals surface area contributed by atoms with Crippen molar-refractivity contribution >= 4 is 11.8 Å². The smallest absolute Gasteiger partial charge is 0.246 e. The molecule has 0 heterocycles. The quantitative estimate of drug-likeness (QED) is 0.551. The summed E-state index contributed by atoms with van der Waals surface area (Å²) in [7, 11) is 0. The molecule has 4 heteroatoms. The van der Waals surface area contributed by atoms with Crippen molar-refractivity contribution < 1.29 is 9.59 Å². The molecule has 0 bridgehead atoms. The fourth-order valence-corrected chi connectivity index (χ4v) is 0.530. The predicted octanol–water partition coefficient (Wildman–Crippen LogP) is 1.53. The number of nitrogens with one attached hydrogen (secondary N) is 1. The Hall–Kier alpha value is -1.58. The van der Waals surface area contributed by atoms with Crippen molar-refractivity contribution in [1.82, 2.24) is 5.32 Å². The van der Waals surface area contributed by atoms with E-state index in [2.05, 4.69) is 25.4 Å². The number of carbonyl (C=O) groups excluding carboxylic acids is 2. The molecule has 0 radical (unpaired) electrons. The standard InChI is InChI=1S/C8H15NO.C4H7NO/c1-4-5-6-9-8(10)7(2)3;1-3(2)4(5)6/h2,4-6H2,1,3H3,(H,9,10);1H2,2H3,(H2,5,6). The van der Waals surface area contributed by atoms with Gasteiger partial charge in [0, 0.05) is 17.7 Å². The van der Waals surface area contributed by atoms with Gasteiger partial charge in [-0.05, 0) is 20.3 Å². The molecule has 0 aliphatic heterocycles. The topological polar surface area (TPSA) is 72.2 Å². The van der Waals surface area contributed by atoms with Crippen LogP contribution in [0, 0.1) is 0 Å². The minimum absolute atomic E-state index is 0.0338. The summed E-state index contributed by atoms with van der Waals surface area (Å²) in [6, 6.07) is 0. The van der Waals surface area contributed by atoms with E-state index >= 15 is 0 Å². The molecule has 0 aromatic heterocycles. The first-order valence-electron chi connectivity index (χ1n) is 5.21. The summed E-state index contributed by atoms with van der Waals surface area (Å²) >= 11 is 0. The summed E-state index contributed by atoms with van der Waals surface area (Å²) in [5.74, 6) is -0.469. The normalized spacial score (nSPS) is 8.44. The van der Waals surface area contributed by atoms with Gasteiger partial charge in [-0.25, -0.2) is 0 Å². The summed E-state index contributed by atoms with van der Waals surface area (Å²) in [4.78, 5) is 20.6. The van der Waals surface area contributed by atoms with E-state index in [1.54, 1.807) is 13.8 Å². The summed E-state index contributed by atoms with van der Waals surface area (Å²) in [6.45, 7) is 12.9. The van der Waals surface area contributed by atoms with E-state index in [0.717, 1.165) is 19.4 Å². The zero-order chi connectivity index (χ0) is 13.1. The molecule has 0 saturated carbocycles. The van der Waals surface area contributed by atoms with Crippen LogP contribution in [0.3, 0.4) is 0 Å². The fourth-order valence-electron chi connectivity index (χ4n) is 0.530. The van der Waals surface area contributed by atoms with Crippen LogP contribution in [0.15, 0.2) is 24.3 Å². The Bertz CT molecular complexity index is 258. The van der Waals surface area contributed by atoms with Gasteiger partial charge in [-0.1, -0.05) is 26.5 Å². The van der Waals surface area contributed by atoms with Crippen molar-refractivity contribution in [3.63, 3.8) is 0 Å². The van der Waals surface area contributed by atoms with E-state index in [1.807, 2.05) is 0 Å². The number of rotatable bonds is 5. The molecule has 0 spiro atoms. The zero-order valence-electron chi connectivity index (χ0n) is 10.4. The highest BCUT2D eigenvalue weighted by Gasteiger charge is 1.97. The third-order valence-electron chi connectivity index (χ3n) is 1.62. The molecule has 0 rings (SSSR count). The van der Waals surface area contributed by atoms with E-state index in [4.69, 9.17) is 5.73 Å². The van der Waals surface area contributed by atoms with Gasteiger partial charge in [0.15, 0.2) is 0 Å². The van der Waals surface area contributed by atoms with Crippen molar-refractivity contribution in [1.29, 1.82) is 0 Å². The molecule has 0 aromatic rings. The Labute approximate surface area is 97.6 Å². The lowest BCUT2D eigenvalue weighted by molar-refractivity contribution is -0.117. The molecule has 0 saturated heterocycles. The van der Waals surface area contributed by atoms with E-state index < -0.39 is 5.91 Å². The monoisotopic (exact) mass is 226 g/mol. The molecule has 4 nitrogen and oxygen atoms in total. The SMILES string of the molecule is C=C(C)C(=O)NCCCC.C=C(C)C(N)=O. The zero-order valence-corrected chi connectivity index (χ0v) is 10.4. The number of nitrogens with two attached hydrogens (primary N) is 1. The lowest BCUT2D eigenvalue weighted by atomic mass is 10.3. The number of hydrogen-bond donors (Lipinski definition) is 2. The van der Waals surface area contributed by atoms with Crippen LogP contribution in [0.2, 0.25) is 0 Å². The van der Waals surface area contributed by atoms with Crippen molar-refractivity contribution in [3.8, 4) is 0 Å². The molecule has 16 heavy (non-hydrogen) atoms. The van der Waals surface area contributed by atoms with Crippen molar-refractivity contribution in [2.45, 2.75) is 33.6 Å². The first-order valence-corrected chi connectivity index (χ1v) is 5.21. The molecular formula is C12H22N2O2. The molecule has 0 aromatic carbocycles. The summed E-state index contributed by atoms with van der Waals surface area (Å²) in [5, 5.41) is 2.74. The molecule has 3 N–H and O–H groups in total. The summed E-state index contributed by atoms with van der Waals surface area (Å²) in [6.07, 6.45) is 2.15. The second-order valence-electron chi connectivity index (χ2n) is 3.53. The molecule has 0 aliphatic carbocycles. The average molecular weight is 226 g/mol. The lowest BCUT2D eigenvalue weighted by Gasteiger charge is -2.01. The molecular weight excluding hydrogens is 204 g/mol. The van der Waals surface area contributed by atoms with Gasteiger partial charge in [0.25, 0.3) is 0 Å². The molecule has 0 unspecified atom stereocenters. The van der Waals surface area contributed by atoms with Gasteiger partial charge < -0.3 is 11.1 Å². The third-order valence-corrected chi connectivity index (χ3v) is 1.62. The van der Waals surface area contributed by atoms with Crippen LogP contribution >= 0.6 is 0 Å². The van der Waals surface area contributed by atoms with Gasteiger partial charge in [0.1, 0.15) is 0 Å². The van der Waals surface area contributed by atoms with Crippen LogP contribution in [-0.2, 0) is 9.59 Å². The Kier molecular flexibility index (Phi) is 10.5. The number of carbonyl (C=O) groups is 2. The first kappa shape index (κ1) is 16.8. The Morgan fingerprint density at radius 3 is 1.88 bits per heavy atom. The minimum atomic E-state index is -0.435. The second kappa shape index (κ2) is 9.96. The van der Waals surface area contributed by atoms with Gasteiger partial charge in [-0.2, -0.15) is 0 Å². The van der Waals surface area contributed by atoms with Crippen LogP contribution in [0.1, 0.15) is 33.6 Å². The number of primary amides is 1. The van der Waals surface area contributed by atoms with Crippen LogP contribution in [0.25, 0.3) is 0 Å². The van der Waals surface area contributed by atoms with Crippen LogP contribution in [-0.4, -0.2) is 18.4 Å². The van der Waals surface area contributed by atoms with Crippen molar-refractivity contribution in [2.75, 3.05) is 6.54 Å². The Morgan fingerprint density at radius 2 is 1.62 bits per heavy atom. The van der Waals surface area contributed by atoms with Gasteiger partial charge in [-0.3, -0.25) is 9.59 Å². The molecule has 0 atom stereocenters. The maximum Gasteiger partial charge on any atom is 0.246 e. The largest absolute Gasteiger partial charge is 0.366 e. The number of amides is 2. The van der Waals surface area contributed by atoms with Gasteiger partial charge in [0.2, 0.25) is 11.8 Å².